The largest absolute Gasteiger partial charge is 0.280 e. The van der Waals surface area contributed by atoms with E-state index in [0.29, 0.717) is 6.54 Å². The number of aromatic amines is 1. The Labute approximate surface area is 69.7 Å². The summed E-state index contributed by atoms with van der Waals surface area (Å²) < 4.78 is 0. The lowest BCUT2D eigenvalue weighted by atomic mass is 10.2. The van der Waals surface area contributed by atoms with Gasteiger partial charge in [-0.05, 0) is 6.07 Å². The van der Waals surface area contributed by atoms with E-state index in [1.807, 2.05) is 24.3 Å². The molecule has 0 atom stereocenters. The molecule has 0 saturated heterocycles. The highest BCUT2D eigenvalue weighted by atomic mass is 15.2. The molecule has 12 heavy (non-hydrogen) atoms. The van der Waals surface area contributed by atoms with E-state index >= 15 is 0 Å². The van der Waals surface area contributed by atoms with E-state index in [0.717, 1.165) is 16.6 Å². The first-order valence-electron chi connectivity index (χ1n) is 3.77. The number of hydrogen-bond acceptors (Lipinski definition) is 3. The van der Waals surface area contributed by atoms with E-state index in [1.165, 1.54) is 0 Å². The third-order valence-corrected chi connectivity index (χ3v) is 1.82. The first-order valence-corrected chi connectivity index (χ1v) is 3.77. The fraction of sp³-hybridized carbons (Fsp3) is 0.125. The third-order valence-electron chi connectivity index (χ3n) is 1.82. The SMILES string of the molecule is NNCc1[nH]nc2ccccc12. The maximum Gasteiger partial charge on any atom is 0.0924 e. The van der Waals surface area contributed by atoms with Crippen LogP contribution in [0.4, 0.5) is 0 Å². The Hall–Kier alpha value is -1.39. The van der Waals surface area contributed by atoms with Gasteiger partial charge >= 0.3 is 0 Å². The normalized spacial score (nSPS) is 10.8. The molecule has 0 aliphatic carbocycles. The Bertz CT molecular complexity index is 379. The fourth-order valence-electron chi connectivity index (χ4n) is 1.25. The van der Waals surface area contributed by atoms with Crippen molar-refractivity contribution in [2.45, 2.75) is 6.54 Å². The van der Waals surface area contributed by atoms with Crippen molar-refractivity contribution in [2.24, 2.45) is 5.84 Å². The standard InChI is InChI=1S/C8H10N4/c9-10-5-8-6-3-1-2-4-7(6)11-12-8/h1-4,10H,5,9H2,(H,11,12). The van der Waals surface area contributed by atoms with Crippen LogP contribution in [0.5, 0.6) is 0 Å². The van der Waals surface area contributed by atoms with Gasteiger partial charge in [0.25, 0.3) is 0 Å². The lowest BCUT2D eigenvalue weighted by molar-refractivity contribution is 0.723. The van der Waals surface area contributed by atoms with Crippen molar-refractivity contribution in [3.05, 3.63) is 30.0 Å². The van der Waals surface area contributed by atoms with Crippen LogP contribution >= 0.6 is 0 Å². The molecule has 4 N–H and O–H groups in total. The Morgan fingerprint density at radius 3 is 3.08 bits per heavy atom. The molecular weight excluding hydrogens is 152 g/mol. The molecule has 0 spiro atoms. The van der Waals surface area contributed by atoms with Gasteiger partial charge in [-0.1, -0.05) is 18.2 Å². The van der Waals surface area contributed by atoms with Crippen LogP contribution in [0.2, 0.25) is 0 Å². The Morgan fingerprint density at radius 1 is 1.42 bits per heavy atom. The maximum absolute atomic E-state index is 5.21. The summed E-state index contributed by atoms with van der Waals surface area (Å²) in [6.45, 7) is 0.612. The quantitative estimate of drug-likeness (QED) is 0.445. The Balaban J connectivity index is 2.55. The molecule has 0 fully saturated rings. The maximum atomic E-state index is 5.21. The van der Waals surface area contributed by atoms with E-state index in [2.05, 4.69) is 15.6 Å². The number of nitrogens with zero attached hydrogens (tertiary/aromatic N) is 1. The van der Waals surface area contributed by atoms with E-state index in [1.54, 1.807) is 0 Å². The van der Waals surface area contributed by atoms with Gasteiger partial charge in [0, 0.05) is 5.39 Å². The minimum Gasteiger partial charge on any atom is -0.280 e. The van der Waals surface area contributed by atoms with Gasteiger partial charge in [0.2, 0.25) is 0 Å². The number of aromatic nitrogens is 2. The molecule has 2 aromatic rings. The first-order chi connectivity index (χ1) is 5.92. The predicted octanol–water partition coefficient (Wildman–Crippen LogP) is 0.526. The van der Waals surface area contributed by atoms with Gasteiger partial charge in [0.1, 0.15) is 0 Å². The number of H-pyrrole nitrogens is 1. The smallest absolute Gasteiger partial charge is 0.0924 e. The highest BCUT2D eigenvalue weighted by Gasteiger charge is 2.01. The van der Waals surface area contributed by atoms with Crippen LogP contribution in [0.25, 0.3) is 10.9 Å². The molecule has 4 heteroatoms. The summed E-state index contributed by atoms with van der Waals surface area (Å²) >= 11 is 0. The second-order valence-electron chi connectivity index (χ2n) is 2.60. The summed E-state index contributed by atoms with van der Waals surface area (Å²) in [6.07, 6.45) is 0. The second-order valence-corrected chi connectivity index (χ2v) is 2.60. The van der Waals surface area contributed by atoms with Crippen LogP contribution in [0.1, 0.15) is 5.69 Å². The molecule has 0 aliphatic rings. The number of hydrogen-bond donors (Lipinski definition) is 3. The van der Waals surface area contributed by atoms with Gasteiger partial charge in [-0.3, -0.25) is 16.4 Å². The van der Waals surface area contributed by atoms with E-state index in [4.69, 9.17) is 5.84 Å². The molecule has 0 saturated carbocycles. The van der Waals surface area contributed by atoms with E-state index in [9.17, 15) is 0 Å². The molecule has 0 bridgehead atoms. The molecule has 0 aliphatic heterocycles. The fourth-order valence-corrected chi connectivity index (χ4v) is 1.25. The topological polar surface area (TPSA) is 66.7 Å². The number of nitrogens with two attached hydrogens (primary N) is 1. The van der Waals surface area contributed by atoms with Crippen LogP contribution in [-0.2, 0) is 6.54 Å². The molecule has 4 nitrogen and oxygen atoms in total. The molecule has 1 aromatic carbocycles. The number of hydrazine groups is 1. The molecule has 1 heterocycles. The van der Waals surface area contributed by atoms with Gasteiger partial charge in [0.05, 0.1) is 17.8 Å². The summed E-state index contributed by atoms with van der Waals surface area (Å²) in [7, 11) is 0. The highest BCUT2D eigenvalue weighted by molar-refractivity contribution is 5.80. The van der Waals surface area contributed by atoms with Crippen LogP contribution in [0.3, 0.4) is 0 Å². The molecule has 0 unspecified atom stereocenters. The third kappa shape index (κ3) is 1.07. The van der Waals surface area contributed by atoms with Crippen molar-refractivity contribution in [3.63, 3.8) is 0 Å². The van der Waals surface area contributed by atoms with Gasteiger partial charge in [-0.15, -0.1) is 0 Å². The minimum absolute atomic E-state index is 0.612. The van der Waals surface area contributed by atoms with Crippen molar-refractivity contribution in [1.29, 1.82) is 0 Å². The first kappa shape index (κ1) is 7.27. The minimum atomic E-state index is 0.612. The van der Waals surface area contributed by atoms with Crippen molar-refractivity contribution < 1.29 is 0 Å². The highest BCUT2D eigenvalue weighted by Crippen LogP contribution is 2.13. The van der Waals surface area contributed by atoms with Crippen molar-refractivity contribution in [3.8, 4) is 0 Å². The Kier molecular flexibility index (Phi) is 1.77. The lowest BCUT2D eigenvalue weighted by Crippen LogP contribution is -2.21. The van der Waals surface area contributed by atoms with Gasteiger partial charge in [-0.25, -0.2) is 0 Å². The molecule has 0 radical (unpaired) electrons. The van der Waals surface area contributed by atoms with Gasteiger partial charge in [-0.2, -0.15) is 5.10 Å². The lowest BCUT2D eigenvalue weighted by Gasteiger charge is -1.94. The van der Waals surface area contributed by atoms with Gasteiger partial charge in [0.15, 0.2) is 0 Å². The predicted molar refractivity (Wildman–Crippen MR) is 47.1 cm³/mol. The zero-order valence-corrected chi connectivity index (χ0v) is 6.54. The summed E-state index contributed by atoms with van der Waals surface area (Å²) in [4.78, 5) is 0. The number of para-hydroxylation sites is 1. The molecule has 62 valence electrons. The monoisotopic (exact) mass is 162 g/mol. The van der Waals surface area contributed by atoms with Crippen LogP contribution < -0.4 is 11.3 Å². The summed E-state index contributed by atoms with van der Waals surface area (Å²) in [5.74, 6) is 5.21. The van der Waals surface area contributed by atoms with Crippen LogP contribution in [0.15, 0.2) is 24.3 Å². The summed E-state index contributed by atoms with van der Waals surface area (Å²) in [5, 5.41) is 8.16. The van der Waals surface area contributed by atoms with Crippen LogP contribution in [0, 0.1) is 0 Å². The number of nitrogens with one attached hydrogen (secondary N) is 2. The summed E-state index contributed by atoms with van der Waals surface area (Å²) in [5.41, 5.74) is 4.59. The van der Waals surface area contributed by atoms with Crippen molar-refractivity contribution in [1.82, 2.24) is 15.6 Å². The molecule has 2 rings (SSSR count). The second kappa shape index (κ2) is 2.92. The van der Waals surface area contributed by atoms with E-state index < -0.39 is 0 Å². The average Bonchev–Trinajstić information content (AvgIpc) is 2.50. The number of rotatable bonds is 2. The molecule has 0 amide bonds. The van der Waals surface area contributed by atoms with Crippen molar-refractivity contribution in [2.75, 3.05) is 0 Å². The zero-order valence-electron chi connectivity index (χ0n) is 6.54. The average molecular weight is 162 g/mol. The van der Waals surface area contributed by atoms with E-state index in [-0.39, 0.29) is 0 Å². The summed E-state index contributed by atoms with van der Waals surface area (Å²) in [6, 6.07) is 7.93. The number of fused-ring (bicyclic) bond motifs is 1. The van der Waals surface area contributed by atoms with Gasteiger partial charge < -0.3 is 0 Å². The Morgan fingerprint density at radius 2 is 2.25 bits per heavy atom. The zero-order chi connectivity index (χ0) is 8.39. The number of benzene rings is 1. The molecule has 1 aromatic heterocycles. The molecular formula is C8H10N4. The van der Waals surface area contributed by atoms with Crippen molar-refractivity contribution >= 4 is 10.9 Å². The van der Waals surface area contributed by atoms with Crippen LogP contribution in [-0.4, -0.2) is 10.2 Å².